The van der Waals surface area contributed by atoms with Gasteiger partial charge in [0.15, 0.2) is 0 Å². The minimum Gasteiger partial charge on any atom is -0.455 e. The van der Waals surface area contributed by atoms with E-state index in [2.05, 4.69) is 173 Å². The predicted molar refractivity (Wildman–Crippen MR) is 253 cm³/mol. The number of furan rings is 1. The Labute approximate surface area is 356 Å². The molecule has 4 heteroatoms. The third kappa shape index (κ3) is 5.66. The second-order valence-corrected chi connectivity index (χ2v) is 17.6. The van der Waals surface area contributed by atoms with Gasteiger partial charge in [-0.15, -0.1) is 0 Å². The van der Waals surface area contributed by atoms with Gasteiger partial charge < -0.3 is 10.2 Å². The van der Waals surface area contributed by atoms with Gasteiger partial charge in [0, 0.05) is 32.7 Å². The molecular weight excluding hydrogens is 743 g/mol. The van der Waals surface area contributed by atoms with Crippen LogP contribution in [0.2, 0.25) is 0 Å². The fourth-order valence-electron chi connectivity index (χ4n) is 10.5. The molecule has 0 saturated heterocycles. The highest BCUT2D eigenvalue weighted by Crippen LogP contribution is 2.56. The van der Waals surface area contributed by atoms with Crippen molar-refractivity contribution in [2.24, 2.45) is 10.7 Å². The first kappa shape index (κ1) is 36.8. The quantitative estimate of drug-likeness (QED) is 0.135. The van der Waals surface area contributed by atoms with Gasteiger partial charge in [-0.25, -0.2) is 0 Å². The molecule has 9 aromatic rings. The highest BCUT2D eigenvalue weighted by Gasteiger charge is 2.40. The number of nitrogen functional groups attached to an aromatic ring is 1. The molecule has 0 amide bonds. The zero-order valence-electron chi connectivity index (χ0n) is 34.8. The van der Waals surface area contributed by atoms with Crippen LogP contribution in [0.3, 0.4) is 0 Å². The maximum Gasteiger partial charge on any atom is 0.143 e. The number of nitrogens with zero attached hydrogens (tertiary/aromatic N) is 1. The van der Waals surface area contributed by atoms with Crippen LogP contribution in [0.4, 0.5) is 0 Å². The lowest BCUT2D eigenvalue weighted by atomic mass is 9.77. The smallest absolute Gasteiger partial charge is 0.143 e. The van der Waals surface area contributed by atoms with Crippen molar-refractivity contribution in [2.75, 3.05) is 0 Å². The molecule has 1 unspecified atom stereocenters. The monoisotopic (exact) mass is 787 g/mol. The Hall–Kier alpha value is -7.30. The van der Waals surface area contributed by atoms with Crippen molar-refractivity contribution in [1.29, 1.82) is 5.41 Å². The molecular formula is C57H45N3O. The lowest BCUT2D eigenvalue weighted by Crippen LogP contribution is -2.16. The first-order valence-electron chi connectivity index (χ1n) is 21.1. The molecule has 8 aromatic carbocycles. The summed E-state index contributed by atoms with van der Waals surface area (Å²) in [6.45, 7) is 9.51. The lowest BCUT2D eigenvalue weighted by molar-refractivity contribution is 0.659. The van der Waals surface area contributed by atoms with E-state index in [1.54, 1.807) is 0 Å². The van der Waals surface area contributed by atoms with Crippen molar-refractivity contribution in [1.82, 2.24) is 0 Å². The minimum atomic E-state index is -0.175. The highest BCUT2D eigenvalue weighted by molar-refractivity contribution is 6.19. The fourth-order valence-corrected chi connectivity index (χ4v) is 10.5. The molecule has 0 fully saturated rings. The summed E-state index contributed by atoms with van der Waals surface area (Å²) < 4.78 is 7.03. The summed E-state index contributed by atoms with van der Waals surface area (Å²) in [6.07, 6.45) is 0. The van der Waals surface area contributed by atoms with E-state index in [9.17, 15) is 0 Å². The zero-order valence-corrected chi connectivity index (χ0v) is 34.8. The molecule has 2 heterocycles. The van der Waals surface area contributed by atoms with Gasteiger partial charge >= 0.3 is 0 Å². The van der Waals surface area contributed by atoms with E-state index in [1.807, 2.05) is 30.3 Å². The maximum atomic E-state index is 7.03. The molecule has 1 aliphatic heterocycles. The summed E-state index contributed by atoms with van der Waals surface area (Å²) in [7, 11) is 0. The number of hydrogen-bond donors (Lipinski definition) is 2. The molecule has 1 atom stereocenters. The van der Waals surface area contributed by atoms with Crippen LogP contribution in [0.5, 0.6) is 0 Å². The standard InChI is InChI=1S/C50H37NO.C7H8N2/c1-49(2)40-24-10-8-17-32(40)34-20-12-19-31(44(34)49)30-27-38(36-22-13-21-35-33-18-9-11-25-41(33)50(3,4)45(35)36)48-39(28-30)43-37(23-14-26-42(43)52-48)47-46(51-47)29-15-6-5-7-16-29;8-7(9)6-4-2-1-3-5-6/h5-28,47H,1-4H3;1-5H,(H3,8,9). The summed E-state index contributed by atoms with van der Waals surface area (Å²) in [5.41, 5.74) is 26.7. The van der Waals surface area contributed by atoms with Crippen LogP contribution in [-0.4, -0.2) is 11.5 Å². The number of nitrogens with two attached hydrogens (primary N) is 1. The summed E-state index contributed by atoms with van der Waals surface area (Å²) in [6, 6.07) is 62.7. The Morgan fingerprint density at radius 3 is 1.64 bits per heavy atom. The van der Waals surface area contributed by atoms with Crippen molar-refractivity contribution in [3.63, 3.8) is 0 Å². The van der Waals surface area contributed by atoms with Gasteiger partial charge in [-0.2, -0.15) is 0 Å². The Morgan fingerprint density at radius 1 is 0.525 bits per heavy atom. The Bertz CT molecular complexity index is 3280. The molecule has 3 aliphatic rings. The van der Waals surface area contributed by atoms with Crippen molar-refractivity contribution < 1.29 is 4.42 Å². The van der Waals surface area contributed by atoms with Gasteiger partial charge in [0.2, 0.25) is 0 Å². The van der Waals surface area contributed by atoms with Crippen molar-refractivity contribution in [2.45, 2.75) is 44.6 Å². The summed E-state index contributed by atoms with van der Waals surface area (Å²) in [4.78, 5) is 5.05. The van der Waals surface area contributed by atoms with Gasteiger partial charge in [-0.05, 0) is 90.5 Å². The number of fused-ring (bicyclic) bond motifs is 9. The van der Waals surface area contributed by atoms with Crippen LogP contribution >= 0.6 is 0 Å². The number of aliphatic imine (C=N–C) groups is 1. The Kier molecular flexibility index (Phi) is 8.21. The number of nitrogens with one attached hydrogen (secondary N) is 1. The van der Waals surface area contributed by atoms with E-state index in [1.165, 1.54) is 72.3 Å². The molecule has 1 aromatic heterocycles. The Balaban J connectivity index is 0.000000418. The van der Waals surface area contributed by atoms with E-state index < -0.39 is 0 Å². The SMILES string of the molecule is CC1(C)c2ccccc2-c2cccc(-c3cc(-c4cccc5c4C(C)(C)c4ccccc4-5)c4oc5cccc(C6N=C6c6ccccc6)c5c4c3)c21.N=C(N)c1ccccc1. The number of hydrogen-bond acceptors (Lipinski definition) is 3. The normalized spacial score (nSPS) is 15.9. The second-order valence-electron chi connectivity index (χ2n) is 17.6. The van der Waals surface area contributed by atoms with Gasteiger partial charge in [0.05, 0.1) is 5.71 Å². The van der Waals surface area contributed by atoms with Crippen molar-refractivity contribution >= 4 is 33.5 Å². The number of rotatable bonds is 5. The molecule has 61 heavy (non-hydrogen) atoms. The molecule has 12 rings (SSSR count). The van der Waals surface area contributed by atoms with E-state index >= 15 is 0 Å². The van der Waals surface area contributed by atoms with Crippen LogP contribution in [0.15, 0.2) is 185 Å². The Morgan fingerprint density at radius 2 is 1.03 bits per heavy atom. The van der Waals surface area contributed by atoms with E-state index in [0.29, 0.717) is 0 Å². The third-order valence-electron chi connectivity index (χ3n) is 13.3. The van der Waals surface area contributed by atoms with Gasteiger partial charge in [-0.1, -0.05) is 185 Å². The van der Waals surface area contributed by atoms with Crippen LogP contribution in [0.1, 0.15) is 72.7 Å². The molecule has 0 spiro atoms. The fraction of sp³-hybridized carbons (Fsp3) is 0.123. The van der Waals surface area contributed by atoms with Gasteiger partial charge in [0.1, 0.15) is 23.0 Å². The molecule has 3 N–H and O–H groups in total. The van der Waals surface area contributed by atoms with Crippen LogP contribution < -0.4 is 5.73 Å². The third-order valence-corrected chi connectivity index (χ3v) is 13.3. The average Bonchev–Trinajstić information content (AvgIpc) is 3.88. The molecule has 0 bridgehead atoms. The van der Waals surface area contributed by atoms with E-state index in [-0.39, 0.29) is 22.7 Å². The maximum absolute atomic E-state index is 7.03. The van der Waals surface area contributed by atoms with Crippen molar-refractivity contribution in [3.8, 4) is 44.5 Å². The lowest BCUT2D eigenvalue weighted by Gasteiger charge is -2.26. The van der Waals surface area contributed by atoms with Gasteiger partial charge in [0.25, 0.3) is 0 Å². The van der Waals surface area contributed by atoms with Crippen LogP contribution in [-0.2, 0) is 10.8 Å². The van der Waals surface area contributed by atoms with Crippen LogP contribution in [0, 0.1) is 5.41 Å². The molecule has 0 saturated carbocycles. The summed E-state index contributed by atoms with van der Waals surface area (Å²) in [5.74, 6) is 0.121. The van der Waals surface area contributed by atoms with E-state index in [4.69, 9.17) is 20.6 Å². The summed E-state index contributed by atoms with van der Waals surface area (Å²) in [5, 5.41) is 9.31. The number of amidine groups is 1. The second kappa shape index (κ2) is 13.6. The van der Waals surface area contributed by atoms with Gasteiger partial charge in [-0.3, -0.25) is 10.4 Å². The topological polar surface area (TPSA) is 75.4 Å². The molecule has 4 nitrogen and oxygen atoms in total. The molecule has 294 valence electrons. The zero-order chi connectivity index (χ0) is 41.6. The minimum absolute atomic E-state index is 0.0165. The number of benzene rings is 8. The first-order chi connectivity index (χ1) is 29.6. The molecule has 2 aliphatic carbocycles. The predicted octanol–water partition coefficient (Wildman–Crippen LogP) is 14.0. The highest BCUT2D eigenvalue weighted by atomic mass is 16.3. The summed E-state index contributed by atoms with van der Waals surface area (Å²) >= 11 is 0. The molecule has 0 radical (unpaired) electrons. The first-order valence-corrected chi connectivity index (χ1v) is 21.1. The average molecular weight is 788 g/mol. The van der Waals surface area contributed by atoms with Crippen LogP contribution in [0.25, 0.3) is 66.4 Å². The van der Waals surface area contributed by atoms with E-state index in [0.717, 1.165) is 38.8 Å². The van der Waals surface area contributed by atoms with Crippen molar-refractivity contribution in [3.05, 3.63) is 215 Å². The largest absolute Gasteiger partial charge is 0.455 e.